The van der Waals surface area contributed by atoms with Crippen LogP contribution in [0.2, 0.25) is 0 Å². The first kappa shape index (κ1) is 38.8. The summed E-state index contributed by atoms with van der Waals surface area (Å²) in [6, 6.07) is 83.1. The van der Waals surface area contributed by atoms with E-state index in [1.54, 1.807) is 0 Å². The quantitative estimate of drug-likeness (QED) is 0.160. The molecule has 0 aliphatic carbocycles. The summed E-state index contributed by atoms with van der Waals surface area (Å²) in [6.07, 6.45) is 0. The summed E-state index contributed by atoms with van der Waals surface area (Å²) >= 11 is 0. The second kappa shape index (κ2) is 15.6. The van der Waals surface area contributed by atoms with Crippen molar-refractivity contribution in [3.05, 3.63) is 237 Å². The average Bonchev–Trinajstić information content (AvgIpc) is 4.07. The highest BCUT2D eigenvalue weighted by molar-refractivity contribution is 6.14. The number of fused-ring (bicyclic) bond motifs is 9. The first-order valence-corrected chi connectivity index (χ1v) is 23.2. The predicted octanol–water partition coefficient (Wildman–Crippen LogP) is 15.2. The molecule has 0 amide bonds. The molecule has 5 aromatic heterocycles. The molecule has 0 atom stereocenters. The summed E-state index contributed by atoms with van der Waals surface area (Å²) in [5.41, 5.74) is 11.5. The number of hydrogen-bond acceptors (Lipinski definition) is 4. The Bertz CT molecular complexity index is 4080. The minimum Gasteiger partial charge on any atom is -0.305 e. The molecule has 14 rings (SSSR count). The normalized spacial score (nSPS) is 11.8. The standard InChI is InChI=1S/C62H39N7/c1-4-22-40(23-5-1)55-56(60-64-58(41-24-6-2-7-25-41)63-59(65-60)42-26-8-3-9-27-42)57(67-49-34-16-10-28-43(49)44-29-11-17-35-50(44)67)62(69-53-38-20-14-32-47(53)48-33-15-21-39-54(48)69)66-61(55)68-51-36-18-12-30-45(51)46-31-13-19-37-52(46)68/h1-39H. The van der Waals surface area contributed by atoms with Gasteiger partial charge in [-0.3, -0.25) is 9.13 Å². The summed E-state index contributed by atoms with van der Waals surface area (Å²) in [4.78, 5) is 22.7. The minimum absolute atomic E-state index is 0.518. The zero-order valence-corrected chi connectivity index (χ0v) is 37.1. The summed E-state index contributed by atoms with van der Waals surface area (Å²) in [5.74, 6) is 3.14. The second-order valence-corrected chi connectivity index (χ2v) is 17.4. The van der Waals surface area contributed by atoms with Gasteiger partial charge in [-0.05, 0) is 42.0 Å². The molecule has 0 aliphatic heterocycles. The van der Waals surface area contributed by atoms with E-state index in [4.69, 9.17) is 19.9 Å². The Morgan fingerprint density at radius 3 is 0.884 bits per heavy atom. The molecule has 0 N–H and O–H groups in total. The number of nitrogens with zero attached hydrogens (tertiary/aromatic N) is 7. The van der Waals surface area contributed by atoms with E-state index in [2.05, 4.69) is 214 Å². The average molecular weight is 882 g/mol. The van der Waals surface area contributed by atoms with E-state index in [0.717, 1.165) is 111 Å². The van der Waals surface area contributed by atoms with Crippen LogP contribution in [0.1, 0.15) is 0 Å². The Labute approximate surface area is 396 Å². The predicted molar refractivity (Wildman–Crippen MR) is 282 cm³/mol. The lowest BCUT2D eigenvalue weighted by Gasteiger charge is -2.25. The summed E-state index contributed by atoms with van der Waals surface area (Å²) < 4.78 is 7.11. The van der Waals surface area contributed by atoms with Crippen molar-refractivity contribution in [2.45, 2.75) is 0 Å². The SMILES string of the molecule is c1ccc(-c2nc(-c3ccccc3)nc(-c3c(-c4ccccc4)c(-n4c5ccccc5c5ccccc54)nc(-n4c5ccccc5c5ccccc54)c3-n3c4ccccc4c4ccccc43)n2)cc1. The number of para-hydroxylation sites is 6. The van der Waals surface area contributed by atoms with Crippen LogP contribution in [0.25, 0.3) is 128 Å². The van der Waals surface area contributed by atoms with Gasteiger partial charge in [0.2, 0.25) is 0 Å². The van der Waals surface area contributed by atoms with Crippen LogP contribution in [0.4, 0.5) is 0 Å². The molecule has 322 valence electrons. The maximum absolute atomic E-state index is 6.19. The molecule has 5 heterocycles. The van der Waals surface area contributed by atoms with Crippen molar-refractivity contribution in [2.75, 3.05) is 0 Å². The number of aromatic nitrogens is 7. The third-order valence-electron chi connectivity index (χ3n) is 13.5. The lowest BCUT2D eigenvalue weighted by atomic mass is 9.97. The zero-order valence-electron chi connectivity index (χ0n) is 37.1. The molecule has 0 spiro atoms. The van der Waals surface area contributed by atoms with Gasteiger partial charge in [-0.15, -0.1) is 0 Å². The van der Waals surface area contributed by atoms with Crippen LogP contribution in [0.15, 0.2) is 237 Å². The number of rotatable bonds is 7. The molecule has 0 radical (unpaired) electrons. The highest BCUT2D eigenvalue weighted by Gasteiger charge is 2.32. The summed E-state index contributed by atoms with van der Waals surface area (Å²) in [5, 5.41) is 6.80. The van der Waals surface area contributed by atoms with E-state index in [0.29, 0.717) is 17.5 Å². The molecule has 9 aromatic carbocycles. The minimum atomic E-state index is 0.518. The Kier molecular flexibility index (Phi) is 8.75. The van der Waals surface area contributed by atoms with E-state index in [-0.39, 0.29) is 0 Å². The topological polar surface area (TPSA) is 66.3 Å². The van der Waals surface area contributed by atoms with Gasteiger partial charge < -0.3 is 4.57 Å². The monoisotopic (exact) mass is 881 g/mol. The van der Waals surface area contributed by atoms with Gasteiger partial charge in [-0.2, -0.15) is 0 Å². The van der Waals surface area contributed by atoms with Gasteiger partial charge in [-0.25, -0.2) is 19.9 Å². The molecule has 7 nitrogen and oxygen atoms in total. The van der Waals surface area contributed by atoms with Crippen LogP contribution in [-0.4, -0.2) is 33.6 Å². The van der Waals surface area contributed by atoms with Crippen LogP contribution < -0.4 is 0 Å². The largest absolute Gasteiger partial charge is 0.305 e. The third kappa shape index (κ3) is 6.00. The maximum Gasteiger partial charge on any atom is 0.167 e. The molecule has 69 heavy (non-hydrogen) atoms. The van der Waals surface area contributed by atoms with Crippen LogP contribution in [0.3, 0.4) is 0 Å². The fourth-order valence-corrected chi connectivity index (χ4v) is 10.6. The van der Waals surface area contributed by atoms with Crippen molar-refractivity contribution in [3.8, 4) is 62.6 Å². The van der Waals surface area contributed by atoms with Gasteiger partial charge in [0.25, 0.3) is 0 Å². The lowest BCUT2D eigenvalue weighted by molar-refractivity contribution is 0.978. The van der Waals surface area contributed by atoms with Gasteiger partial charge in [0.1, 0.15) is 11.5 Å². The van der Waals surface area contributed by atoms with Gasteiger partial charge in [-0.1, -0.05) is 200 Å². The van der Waals surface area contributed by atoms with Gasteiger partial charge >= 0.3 is 0 Å². The summed E-state index contributed by atoms with van der Waals surface area (Å²) in [6.45, 7) is 0. The first-order chi connectivity index (χ1) is 34.3. The molecule has 0 bridgehead atoms. The van der Waals surface area contributed by atoms with Gasteiger partial charge in [0.05, 0.1) is 38.7 Å². The molecular formula is C62H39N7. The Morgan fingerprint density at radius 2 is 0.507 bits per heavy atom. The number of hydrogen-bond donors (Lipinski definition) is 0. The molecule has 0 saturated carbocycles. The van der Waals surface area contributed by atoms with Crippen LogP contribution >= 0.6 is 0 Å². The number of benzene rings is 9. The van der Waals surface area contributed by atoms with E-state index in [9.17, 15) is 0 Å². The Morgan fingerprint density at radius 1 is 0.217 bits per heavy atom. The zero-order chi connectivity index (χ0) is 45.4. The summed E-state index contributed by atoms with van der Waals surface area (Å²) in [7, 11) is 0. The first-order valence-electron chi connectivity index (χ1n) is 23.2. The van der Waals surface area contributed by atoms with E-state index < -0.39 is 0 Å². The van der Waals surface area contributed by atoms with Gasteiger partial charge in [0, 0.05) is 49.0 Å². The van der Waals surface area contributed by atoms with Crippen molar-refractivity contribution in [3.63, 3.8) is 0 Å². The van der Waals surface area contributed by atoms with Crippen molar-refractivity contribution in [1.29, 1.82) is 0 Å². The van der Waals surface area contributed by atoms with Gasteiger partial charge in [0.15, 0.2) is 23.3 Å². The van der Waals surface area contributed by atoms with E-state index >= 15 is 0 Å². The van der Waals surface area contributed by atoms with E-state index in [1.165, 1.54) is 0 Å². The maximum atomic E-state index is 6.19. The number of pyridine rings is 1. The Hall–Kier alpha value is -9.46. The fourth-order valence-electron chi connectivity index (χ4n) is 10.6. The molecule has 0 unspecified atom stereocenters. The van der Waals surface area contributed by atoms with Crippen molar-refractivity contribution in [1.82, 2.24) is 33.6 Å². The smallest absolute Gasteiger partial charge is 0.167 e. The van der Waals surface area contributed by atoms with E-state index in [1.807, 2.05) is 36.4 Å². The van der Waals surface area contributed by atoms with Crippen molar-refractivity contribution < 1.29 is 0 Å². The highest BCUT2D eigenvalue weighted by Crippen LogP contribution is 2.48. The lowest BCUT2D eigenvalue weighted by Crippen LogP contribution is -2.14. The molecule has 7 heteroatoms. The second-order valence-electron chi connectivity index (χ2n) is 17.4. The van der Waals surface area contributed by atoms with Crippen LogP contribution in [0, 0.1) is 0 Å². The molecule has 0 aliphatic rings. The van der Waals surface area contributed by atoms with Crippen molar-refractivity contribution >= 4 is 65.4 Å². The van der Waals surface area contributed by atoms with Crippen LogP contribution in [-0.2, 0) is 0 Å². The van der Waals surface area contributed by atoms with Crippen LogP contribution in [0.5, 0.6) is 0 Å². The molecular weight excluding hydrogens is 843 g/mol. The fraction of sp³-hybridized carbons (Fsp3) is 0. The Balaban J connectivity index is 1.29. The van der Waals surface area contributed by atoms with Crippen molar-refractivity contribution in [2.24, 2.45) is 0 Å². The molecule has 0 fully saturated rings. The molecule has 0 saturated heterocycles. The third-order valence-corrected chi connectivity index (χ3v) is 13.5. The highest BCUT2D eigenvalue weighted by atomic mass is 15.2. The molecule has 14 aromatic rings.